The third-order valence-corrected chi connectivity index (χ3v) is 1.76. The number of rotatable bonds is 1. The summed E-state index contributed by atoms with van der Waals surface area (Å²) in [4.78, 5) is 21.5. The largest absolute Gasteiger partial charge is 0.448 e. The number of carbonyl (C=O) groups excluding carboxylic acids is 2. The summed E-state index contributed by atoms with van der Waals surface area (Å²) in [5, 5.41) is 2.11. The van der Waals surface area contributed by atoms with Crippen LogP contribution < -0.4 is 5.32 Å². The first-order chi connectivity index (χ1) is 5.11. The van der Waals surface area contributed by atoms with Gasteiger partial charge in [0.15, 0.2) is 0 Å². The van der Waals surface area contributed by atoms with Crippen molar-refractivity contribution in [3.05, 3.63) is 0 Å². The Bertz CT molecular complexity index is 188. The minimum absolute atomic E-state index is 0.187. The van der Waals surface area contributed by atoms with Gasteiger partial charge in [-0.15, -0.1) is 0 Å². The van der Waals surface area contributed by atoms with E-state index in [1.165, 1.54) is 0 Å². The van der Waals surface area contributed by atoms with Gasteiger partial charge in [-0.05, 0) is 5.92 Å². The molecule has 0 radical (unpaired) electrons. The molecular weight excluding hydrogens is 146 g/mol. The molecule has 1 heterocycles. The van der Waals surface area contributed by atoms with Crippen molar-refractivity contribution in [2.75, 3.05) is 6.61 Å². The van der Waals surface area contributed by atoms with Crippen LogP contribution in [0.1, 0.15) is 13.8 Å². The summed E-state index contributed by atoms with van der Waals surface area (Å²) in [6, 6.07) is 0. The zero-order valence-electron chi connectivity index (χ0n) is 6.59. The minimum Gasteiger partial charge on any atom is -0.448 e. The fraction of sp³-hybridized carbons (Fsp3) is 0.714. The summed E-state index contributed by atoms with van der Waals surface area (Å²) in [5.74, 6) is -0.202. The van der Waals surface area contributed by atoms with Gasteiger partial charge in [-0.25, -0.2) is 4.79 Å². The van der Waals surface area contributed by atoms with Crippen molar-refractivity contribution < 1.29 is 14.3 Å². The van der Waals surface area contributed by atoms with Crippen LogP contribution in [-0.2, 0) is 9.53 Å². The molecule has 1 saturated heterocycles. The number of imide groups is 1. The fourth-order valence-corrected chi connectivity index (χ4v) is 0.966. The van der Waals surface area contributed by atoms with E-state index in [1.807, 2.05) is 13.8 Å². The van der Waals surface area contributed by atoms with E-state index in [4.69, 9.17) is 0 Å². The van der Waals surface area contributed by atoms with Crippen molar-refractivity contribution in [3.63, 3.8) is 0 Å². The van der Waals surface area contributed by atoms with Crippen LogP contribution in [0.25, 0.3) is 0 Å². The van der Waals surface area contributed by atoms with Crippen LogP contribution in [0.15, 0.2) is 0 Å². The van der Waals surface area contributed by atoms with Gasteiger partial charge in [0, 0.05) is 0 Å². The molecule has 1 N–H and O–H groups in total. The molecule has 0 bridgehead atoms. The van der Waals surface area contributed by atoms with E-state index < -0.39 is 6.09 Å². The molecule has 1 aliphatic heterocycles. The number of amides is 2. The molecule has 0 aromatic rings. The van der Waals surface area contributed by atoms with Crippen LogP contribution in [0, 0.1) is 11.8 Å². The van der Waals surface area contributed by atoms with Crippen LogP contribution in [0.3, 0.4) is 0 Å². The highest BCUT2D eigenvalue weighted by atomic mass is 16.6. The van der Waals surface area contributed by atoms with Gasteiger partial charge in [0.25, 0.3) is 0 Å². The highest BCUT2D eigenvalue weighted by molar-refractivity contribution is 5.95. The maximum Gasteiger partial charge on any atom is 0.413 e. The molecule has 1 aliphatic rings. The van der Waals surface area contributed by atoms with E-state index in [0.29, 0.717) is 0 Å². The van der Waals surface area contributed by atoms with E-state index in [9.17, 15) is 9.59 Å². The molecule has 1 rings (SSSR count). The van der Waals surface area contributed by atoms with Gasteiger partial charge in [0.2, 0.25) is 5.91 Å². The summed E-state index contributed by atoms with van der Waals surface area (Å²) >= 11 is 0. The molecule has 1 fully saturated rings. The SMILES string of the molecule is CC(C)C1COC(=O)NC1=O. The van der Waals surface area contributed by atoms with Gasteiger partial charge in [0.1, 0.15) is 6.61 Å². The van der Waals surface area contributed by atoms with Gasteiger partial charge < -0.3 is 4.74 Å². The molecule has 1 atom stereocenters. The maximum absolute atomic E-state index is 11.0. The van der Waals surface area contributed by atoms with Crippen molar-refractivity contribution in [2.45, 2.75) is 13.8 Å². The Kier molecular flexibility index (Phi) is 2.12. The molecular formula is C7H11NO3. The van der Waals surface area contributed by atoms with Gasteiger partial charge >= 0.3 is 6.09 Å². The Morgan fingerprint density at radius 1 is 1.55 bits per heavy atom. The van der Waals surface area contributed by atoms with Crippen LogP contribution in [0.5, 0.6) is 0 Å². The predicted octanol–water partition coefficient (Wildman–Crippen LogP) is 0.525. The monoisotopic (exact) mass is 157 g/mol. The summed E-state index contributed by atoms with van der Waals surface area (Å²) in [6.07, 6.45) is -0.632. The van der Waals surface area contributed by atoms with Gasteiger partial charge in [-0.2, -0.15) is 0 Å². The molecule has 4 heteroatoms. The Labute approximate surface area is 64.9 Å². The molecule has 4 nitrogen and oxygen atoms in total. The Hall–Kier alpha value is -1.06. The zero-order valence-corrected chi connectivity index (χ0v) is 6.59. The summed E-state index contributed by atoms with van der Waals surface area (Å²) < 4.78 is 4.65. The normalized spacial score (nSPS) is 24.8. The number of hydrogen-bond acceptors (Lipinski definition) is 3. The number of carbonyl (C=O) groups is 2. The molecule has 0 aromatic carbocycles. The van der Waals surface area contributed by atoms with E-state index in [0.717, 1.165) is 0 Å². The van der Waals surface area contributed by atoms with Gasteiger partial charge in [-0.1, -0.05) is 13.8 Å². The first kappa shape index (κ1) is 8.04. The number of alkyl carbamates (subject to hydrolysis) is 1. The molecule has 0 saturated carbocycles. The molecule has 62 valence electrons. The van der Waals surface area contributed by atoms with Crippen molar-refractivity contribution in [3.8, 4) is 0 Å². The van der Waals surface area contributed by atoms with Crippen LogP contribution >= 0.6 is 0 Å². The lowest BCUT2D eigenvalue weighted by atomic mass is 9.95. The quantitative estimate of drug-likeness (QED) is 0.603. The first-order valence-corrected chi connectivity index (χ1v) is 3.59. The number of ether oxygens (including phenoxy) is 1. The van der Waals surface area contributed by atoms with Crippen LogP contribution in [0.2, 0.25) is 0 Å². The van der Waals surface area contributed by atoms with Crippen LogP contribution in [-0.4, -0.2) is 18.6 Å². The smallest absolute Gasteiger partial charge is 0.413 e. The second kappa shape index (κ2) is 2.90. The van der Waals surface area contributed by atoms with Crippen molar-refractivity contribution >= 4 is 12.0 Å². The average molecular weight is 157 g/mol. The fourth-order valence-electron chi connectivity index (χ4n) is 0.966. The Morgan fingerprint density at radius 3 is 2.64 bits per heavy atom. The highest BCUT2D eigenvalue weighted by Crippen LogP contribution is 2.14. The molecule has 11 heavy (non-hydrogen) atoms. The van der Waals surface area contributed by atoms with E-state index in [1.54, 1.807) is 0 Å². The van der Waals surface area contributed by atoms with Gasteiger partial charge in [0.05, 0.1) is 5.92 Å². The standard InChI is InChI=1S/C7H11NO3/c1-4(2)5-3-11-7(10)8-6(5)9/h4-5H,3H2,1-2H3,(H,8,9,10). The molecule has 2 amide bonds. The van der Waals surface area contributed by atoms with Crippen molar-refractivity contribution in [1.82, 2.24) is 5.32 Å². The third kappa shape index (κ3) is 1.69. The number of cyclic esters (lactones) is 1. The molecule has 0 aromatic heterocycles. The lowest BCUT2D eigenvalue weighted by Crippen LogP contribution is -2.46. The Morgan fingerprint density at radius 2 is 2.18 bits per heavy atom. The van der Waals surface area contributed by atoms with Crippen molar-refractivity contribution in [2.24, 2.45) is 11.8 Å². The number of hydrogen-bond donors (Lipinski definition) is 1. The van der Waals surface area contributed by atoms with Crippen molar-refractivity contribution in [1.29, 1.82) is 0 Å². The molecule has 1 unspecified atom stereocenters. The second-order valence-corrected chi connectivity index (χ2v) is 2.94. The maximum atomic E-state index is 11.0. The third-order valence-electron chi connectivity index (χ3n) is 1.76. The second-order valence-electron chi connectivity index (χ2n) is 2.94. The average Bonchev–Trinajstić information content (AvgIpc) is 1.85. The molecule has 0 spiro atoms. The summed E-state index contributed by atoms with van der Waals surface area (Å²) in [7, 11) is 0. The van der Waals surface area contributed by atoms with E-state index in [2.05, 4.69) is 10.1 Å². The topological polar surface area (TPSA) is 55.4 Å². The van der Waals surface area contributed by atoms with Crippen LogP contribution in [0.4, 0.5) is 4.79 Å². The summed E-state index contributed by atoms with van der Waals surface area (Å²) in [5.41, 5.74) is 0. The van der Waals surface area contributed by atoms with Gasteiger partial charge in [-0.3, -0.25) is 10.1 Å². The van der Waals surface area contributed by atoms with E-state index >= 15 is 0 Å². The number of nitrogens with one attached hydrogen (secondary N) is 1. The predicted molar refractivity (Wildman–Crippen MR) is 37.8 cm³/mol. The lowest BCUT2D eigenvalue weighted by Gasteiger charge is -2.23. The summed E-state index contributed by atoms with van der Waals surface area (Å²) in [6.45, 7) is 4.05. The highest BCUT2D eigenvalue weighted by Gasteiger charge is 2.29. The zero-order chi connectivity index (χ0) is 8.43. The lowest BCUT2D eigenvalue weighted by molar-refractivity contribution is -0.129. The Balaban J connectivity index is 2.57. The van der Waals surface area contributed by atoms with E-state index in [-0.39, 0.29) is 24.3 Å². The first-order valence-electron chi connectivity index (χ1n) is 3.59. The minimum atomic E-state index is -0.632. The molecule has 0 aliphatic carbocycles.